The first kappa shape index (κ1) is 6.16. The quantitative estimate of drug-likeness (QED) is 0.482. The van der Waals surface area contributed by atoms with Gasteiger partial charge in [0.15, 0.2) is 0 Å². The Hall–Kier alpha value is -0.570. The lowest BCUT2D eigenvalue weighted by molar-refractivity contribution is -0.124. The summed E-state index contributed by atoms with van der Waals surface area (Å²) in [4.78, 5) is 11.1. The number of piperazine rings is 1. The molecular formula is C7H12N2O. The van der Waals surface area contributed by atoms with Gasteiger partial charge in [0.05, 0.1) is 6.04 Å². The van der Waals surface area contributed by atoms with Crippen LogP contribution < -0.4 is 10.6 Å². The van der Waals surface area contributed by atoms with Crippen LogP contribution in [0.5, 0.6) is 0 Å². The molecule has 10 heavy (non-hydrogen) atoms. The van der Waals surface area contributed by atoms with E-state index in [4.69, 9.17) is 0 Å². The minimum Gasteiger partial charge on any atom is -0.351 e. The zero-order valence-corrected chi connectivity index (χ0v) is 5.89. The topological polar surface area (TPSA) is 41.1 Å². The van der Waals surface area contributed by atoms with Gasteiger partial charge in [-0.15, -0.1) is 0 Å². The third-order valence-corrected chi connectivity index (χ3v) is 2.32. The van der Waals surface area contributed by atoms with Gasteiger partial charge in [-0.3, -0.25) is 4.79 Å². The Morgan fingerprint density at radius 2 is 2.30 bits per heavy atom. The normalized spacial score (nSPS) is 39.0. The van der Waals surface area contributed by atoms with Crippen molar-refractivity contribution in [3.63, 3.8) is 0 Å². The highest BCUT2D eigenvalue weighted by Gasteiger charge is 2.29. The van der Waals surface area contributed by atoms with Gasteiger partial charge < -0.3 is 10.6 Å². The lowest BCUT2D eigenvalue weighted by Crippen LogP contribution is -2.55. The summed E-state index contributed by atoms with van der Waals surface area (Å²) in [5.74, 6) is 0.203. The van der Waals surface area contributed by atoms with Crippen LogP contribution in [0.1, 0.15) is 19.3 Å². The van der Waals surface area contributed by atoms with Crippen LogP contribution in [0.2, 0.25) is 0 Å². The van der Waals surface area contributed by atoms with Crippen molar-refractivity contribution in [2.75, 3.05) is 6.54 Å². The van der Waals surface area contributed by atoms with Crippen LogP contribution in [-0.4, -0.2) is 24.5 Å². The van der Waals surface area contributed by atoms with Crippen LogP contribution in [0.25, 0.3) is 0 Å². The van der Waals surface area contributed by atoms with E-state index in [1.165, 1.54) is 6.42 Å². The maximum atomic E-state index is 11.1. The molecule has 3 saturated heterocycles. The SMILES string of the molecule is O=C1NC2CCCC1NC2. The molecule has 0 aromatic rings. The van der Waals surface area contributed by atoms with E-state index in [1.54, 1.807) is 0 Å². The van der Waals surface area contributed by atoms with E-state index in [0.717, 1.165) is 19.4 Å². The molecule has 3 rings (SSSR count). The molecule has 0 saturated carbocycles. The predicted molar refractivity (Wildman–Crippen MR) is 37.6 cm³/mol. The monoisotopic (exact) mass is 140 g/mol. The number of amides is 1. The zero-order chi connectivity index (χ0) is 6.97. The second-order valence-corrected chi connectivity index (χ2v) is 3.10. The lowest BCUT2D eigenvalue weighted by Gasteiger charge is -2.25. The molecule has 3 heteroatoms. The van der Waals surface area contributed by atoms with Crippen molar-refractivity contribution in [1.82, 2.24) is 10.6 Å². The number of carbonyl (C=O) groups is 1. The van der Waals surface area contributed by atoms with Crippen molar-refractivity contribution in [3.8, 4) is 0 Å². The molecule has 2 N–H and O–H groups in total. The number of nitrogens with one attached hydrogen (secondary N) is 2. The summed E-state index contributed by atoms with van der Waals surface area (Å²) in [6.45, 7) is 0.969. The summed E-state index contributed by atoms with van der Waals surface area (Å²) in [6.07, 6.45) is 3.35. The van der Waals surface area contributed by atoms with Crippen molar-refractivity contribution >= 4 is 5.91 Å². The molecule has 3 heterocycles. The third kappa shape index (κ3) is 0.904. The van der Waals surface area contributed by atoms with Gasteiger partial charge in [-0.25, -0.2) is 0 Å². The molecule has 2 atom stereocenters. The maximum absolute atomic E-state index is 11.1. The molecule has 0 radical (unpaired) electrons. The standard InChI is InChI=1S/C7H12N2O/c10-7-6-3-1-2-5(9-7)4-8-6/h5-6,8H,1-4H2,(H,9,10). The van der Waals surface area contributed by atoms with Gasteiger partial charge in [0.1, 0.15) is 0 Å². The van der Waals surface area contributed by atoms with Gasteiger partial charge in [-0.05, 0) is 19.3 Å². The lowest BCUT2D eigenvalue weighted by atomic mass is 10.1. The zero-order valence-electron chi connectivity index (χ0n) is 5.89. The number of carbonyl (C=O) groups excluding carboxylic acids is 1. The first-order valence-corrected chi connectivity index (χ1v) is 3.90. The highest BCUT2D eigenvalue weighted by atomic mass is 16.2. The van der Waals surface area contributed by atoms with Crippen molar-refractivity contribution in [2.24, 2.45) is 0 Å². The molecule has 0 aromatic carbocycles. The number of hydrogen-bond acceptors (Lipinski definition) is 2. The first-order valence-electron chi connectivity index (χ1n) is 3.90. The Bertz CT molecular complexity index is 154. The molecule has 1 amide bonds. The van der Waals surface area contributed by atoms with E-state index in [9.17, 15) is 4.79 Å². The largest absolute Gasteiger partial charge is 0.351 e. The Kier molecular flexibility index (Phi) is 1.38. The average Bonchev–Trinajstić information content (AvgIpc) is 2.20. The van der Waals surface area contributed by atoms with Crippen LogP contribution in [-0.2, 0) is 4.79 Å². The fourth-order valence-corrected chi connectivity index (χ4v) is 1.71. The molecule has 3 aliphatic rings. The Morgan fingerprint density at radius 1 is 1.40 bits per heavy atom. The van der Waals surface area contributed by atoms with Gasteiger partial charge in [-0.2, -0.15) is 0 Å². The molecule has 3 aliphatic heterocycles. The number of hydrogen-bond donors (Lipinski definition) is 2. The number of rotatable bonds is 0. The Morgan fingerprint density at radius 3 is 3.10 bits per heavy atom. The van der Waals surface area contributed by atoms with Crippen molar-refractivity contribution < 1.29 is 4.79 Å². The van der Waals surface area contributed by atoms with Gasteiger partial charge >= 0.3 is 0 Å². The van der Waals surface area contributed by atoms with Gasteiger partial charge in [0.2, 0.25) is 5.91 Å². The van der Waals surface area contributed by atoms with E-state index in [-0.39, 0.29) is 11.9 Å². The summed E-state index contributed by atoms with van der Waals surface area (Å²) in [6, 6.07) is 0.519. The summed E-state index contributed by atoms with van der Waals surface area (Å²) >= 11 is 0. The second-order valence-electron chi connectivity index (χ2n) is 3.10. The predicted octanol–water partition coefficient (Wildman–Crippen LogP) is -0.373. The van der Waals surface area contributed by atoms with E-state index in [1.807, 2.05) is 0 Å². The minimum absolute atomic E-state index is 0.110. The third-order valence-electron chi connectivity index (χ3n) is 2.32. The van der Waals surface area contributed by atoms with Gasteiger partial charge in [0, 0.05) is 12.6 Å². The molecule has 2 bridgehead atoms. The fourth-order valence-electron chi connectivity index (χ4n) is 1.71. The van der Waals surface area contributed by atoms with Gasteiger partial charge in [-0.1, -0.05) is 0 Å². The molecule has 3 fully saturated rings. The molecule has 0 aliphatic carbocycles. The van der Waals surface area contributed by atoms with Crippen LogP contribution >= 0.6 is 0 Å². The number of fused-ring (bicyclic) bond motifs is 4. The van der Waals surface area contributed by atoms with Crippen LogP contribution in [0.3, 0.4) is 0 Å². The average molecular weight is 140 g/mol. The molecule has 0 aromatic heterocycles. The van der Waals surface area contributed by atoms with E-state index < -0.39 is 0 Å². The minimum atomic E-state index is 0.110. The van der Waals surface area contributed by atoms with Crippen LogP contribution in [0, 0.1) is 0 Å². The maximum Gasteiger partial charge on any atom is 0.237 e. The van der Waals surface area contributed by atoms with Crippen LogP contribution in [0.4, 0.5) is 0 Å². The Labute approximate surface area is 60.2 Å². The van der Waals surface area contributed by atoms with E-state index >= 15 is 0 Å². The highest BCUT2D eigenvalue weighted by Crippen LogP contribution is 2.14. The molecular weight excluding hydrogens is 128 g/mol. The Balaban J connectivity index is 2.15. The van der Waals surface area contributed by atoms with Crippen molar-refractivity contribution in [1.29, 1.82) is 0 Å². The summed E-state index contributed by atoms with van der Waals surface area (Å²) in [5, 5.41) is 6.20. The molecule has 3 nitrogen and oxygen atoms in total. The first-order chi connectivity index (χ1) is 4.86. The van der Waals surface area contributed by atoms with Crippen molar-refractivity contribution in [2.45, 2.75) is 31.3 Å². The fraction of sp³-hybridized carbons (Fsp3) is 0.857. The van der Waals surface area contributed by atoms with Crippen LogP contribution in [0.15, 0.2) is 0 Å². The van der Waals surface area contributed by atoms with E-state index in [0.29, 0.717) is 6.04 Å². The summed E-state index contributed by atoms with van der Waals surface area (Å²) in [5.41, 5.74) is 0. The summed E-state index contributed by atoms with van der Waals surface area (Å²) < 4.78 is 0. The summed E-state index contributed by atoms with van der Waals surface area (Å²) in [7, 11) is 0. The van der Waals surface area contributed by atoms with Crippen molar-refractivity contribution in [3.05, 3.63) is 0 Å². The smallest absolute Gasteiger partial charge is 0.237 e. The van der Waals surface area contributed by atoms with Gasteiger partial charge in [0.25, 0.3) is 0 Å². The van der Waals surface area contributed by atoms with E-state index in [2.05, 4.69) is 10.6 Å². The molecule has 2 unspecified atom stereocenters. The molecule has 56 valence electrons. The highest BCUT2D eigenvalue weighted by molar-refractivity contribution is 5.83. The second kappa shape index (κ2) is 2.23. The molecule has 0 spiro atoms.